The van der Waals surface area contributed by atoms with Gasteiger partial charge >= 0.3 is 0 Å². The minimum Gasteiger partial charge on any atom is -0.0839 e. The molecule has 0 aromatic heterocycles. The normalized spacial score (nSPS) is 22.2. The summed E-state index contributed by atoms with van der Waals surface area (Å²) in [5, 5.41) is 0. The third-order valence-electron chi connectivity index (χ3n) is 2.98. The highest BCUT2D eigenvalue weighted by Crippen LogP contribution is 2.29. The number of rotatable bonds is 2. The largest absolute Gasteiger partial charge is 0.0839 e. The molecule has 0 heteroatoms. The van der Waals surface area contributed by atoms with Crippen LogP contribution in [-0.2, 0) is 0 Å². The first-order valence-corrected chi connectivity index (χ1v) is 5.26. The molecule has 0 bridgehead atoms. The monoisotopic (exact) mass is 184 g/mol. The third-order valence-corrected chi connectivity index (χ3v) is 2.98. The molecule has 1 aliphatic rings. The van der Waals surface area contributed by atoms with Crippen molar-refractivity contribution >= 4 is 0 Å². The maximum atomic E-state index is 2.32. The van der Waals surface area contributed by atoms with Crippen LogP contribution >= 0.6 is 0 Å². The van der Waals surface area contributed by atoms with Gasteiger partial charge in [0.2, 0.25) is 0 Å². The van der Waals surface area contributed by atoms with Gasteiger partial charge in [-0.1, -0.05) is 61.6 Å². The lowest BCUT2D eigenvalue weighted by molar-refractivity contribution is 0.544. The Hall–Kier alpha value is -1.30. The molecule has 0 nitrogen and oxygen atoms in total. The third kappa shape index (κ3) is 1.95. The number of allylic oxidation sites excluding steroid dienone is 4. The number of hydrogen-bond acceptors (Lipinski definition) is 0. The summed E-state index contributed by atoms with van der Waals surface area (Å²) in [6.07, 6.45) is 10.0. The Balaban J connectivity index is 2.12. The molecule has 0 saturated carbocycles. The van der Waals surface area contributed by atoms with Gasteiger partial charge in [0.05, 0.1) is 0 Å². The lowest BCUT2D eigenvalue weighted by Crippen LogP contribution is -2.07. The second-order valence-corrected chi connectivity index (χ2v) is 3.91. The molecule has 0 amide bonds. The predicted molar refractivity (Wildman–Crippen MR) is 61.2 cm³/mol. The van der Waals surface area contributed by atoms with E-state index in [2.05, 4.69) is 61.6 Å². The van der Waals surface area contributed by atoms with Gasteiger partial charge in [-0.05, 0) is 23.8 Å². The maximum absolute atomic E-state index is 2.32. The lowest BCUT2D eigenvalue weighted by atomic mass is 9.84. The maximum Gasteiger partial charge on any atom is -0.0124 e. The van der Waals surface area contributed by atoms with Gasteiger partial charge in [0.15, 0.2) is 0 Å². The van der Waals surface area contributed by atoms with E-state index in [4.69, 9.17) is 0 Å². The molecule has 0 spiro atoms. The van der Waals surface area contributed by atoms with Crippen molar-refractivity contribution in [2.24, 2.45) is 5.92 Å². The van der Waals surface area contributed by atoms with Crippen molar-refractivity contribution < 1.29 is 0 Å². The second-order valence-electron chi connectivity index (χ2n) is 3.91. The van der Waals surface area contributed by atoms with Gasteiger partial charge in [-0.25, -0.2) is 0 Å². The predicted octanol–water partition coefficient (Wildman–Crippen LogP) is 3.92. The van der Waals surface area contributed by atoms with Crippen molar-refractivity contribution in [1.82, 2.24) is 0 Å². The molecule has 2 atom stereocenters. The highest BCUT2D eigenvalue weighted by molar-refractivity contribution is 5.23. The van der Waals surface area contributed by atoms with Crippen LogP contribution in [0.3, 0.4) is 0 Å². The van der Waals surface area contributed by atoms with E-state index in [-0.39, 0.29) is 0 Å². The van der Waals surface area contributed by atoms with Crippen LogP contribution in [0.2, 0.25) is 0 Å². The highest BCUT2D eigenvalue weighted by Gasteiger charge is 2.15. The Morgan fingerprint density at radius 3 is 2.57 bits per heavy atom. The molecule has 1 aliphatic carbocycles. The molecule has 0 fully saturated rings. The molecule has 14 heavy (non-hydrogen) atoms. The van der Waals surface area contributed by atoms with E-state index >= 15 is 0 Å². The molecule has 72 valence electrons. The van der Waals surface area contributed by atoms with Crippen molar-refractivity contribution in [3.8, 4) is 0 Å². The summed E-state index contributed by atoms with van der Waals surface area (Å²) in [5.74, 6) is 1.29. The van der Waals surface area contributed by atoms with E-state index in [1.165, 1.54) is 12.0 Å². The summed E-state index contributed by atoms with van der Waals surface area (Å²) in [4.78, 5) is 0. The summed E-state index contributed by atoms with van der Waals surface area (Å²) < 4.78 is 0. The SMILES string of the molecule is CC(c1ccccc1)[C@H]1C=CC=CC1. The van der Waals surface area contributed by atoms with Crippen LogP contribution in [0.5, 0.6) is 0 Å². The minimum atomic E-state index is 0.623. The molecular weight excluding hydrogens is 168 g/mol. The lowest BCUT2D eigenvalue weighted by Gasteiger charge is -2.21. The molecular formula is C14H16. The van der Waals surface area contributed by atoms with Crippen LogP contribution in [0.15, 0.2) is 54.6 Å². The Morgan fingerprint density at radius 1 is 1.14 bits per heavy atom. The second kappa shape index (κ2) is 4.28. The van der Waals surface area contributed by atoms with Crippen LogP contribution in [0.25, 0.3) is 0 Å². The van der Waals surface area contributed by atoms with Crippen molar-refractivity contribution in [2.75, 3.05) is 0 Å². The molecule has 0 radical (unpaired) electrons. The van der Waals surface area contributed by atoms with E-state index < -0.39 is 0 Å². The summed E-state index contributed by atoms with van der Waals surface area (Å²) in [5.41, 5.74) is 1.44. The average molecular weight is 184 g/mol. The number of hydrogen-bond donors (Lipinski definition) is 0. The van der Waals surface area contributed by atoms with Gasteiger partial charge in [0, 0.05) is 0 Å². The Morgan fingerprint density at radius 2 is 1.93 bits per heavy atom. The minimum absolute atomic E-state index is 0.623. The molecule has 0 heterocycles. The zero-order chi connectivity index (χ0) is 9.80. The fraction of sp³-hybridized carbons (Fsp3) is 0.286. The quantitative estimate of drug-likeness (QED) is 0.653. The fourth-order valence-corrected chi connectivity index (χ4v) is 1.97. The number of benzene rings is 1. The fourth-order valence-electron chi connectivity index (χ4n) is 1.97. The first-order chi connectivity index (χ1) is 6.88. The zero-order valence-electron chi connectivity index (χ0n) is 8.56. The van der Waals surface area contributed by atoms with Crippen molar-refractivity contribution in [3.63, 3.8) is 0 Å². The Labute approximate surface area is 86.0 Å². The van der Waals surface area contributed by atoms with Crippen molar-refractivity contribution in [3.05, 3.63) is 60.2 Å². The molecule has 0 aliphatic heterocycles. The topological polar surface area (TPSA) is 0 Å². The van der Waals surface area contributed by atoms with Gasteiger partial charge in [-0.2, -0.15) is 0 Å². The van der Waals surface area contributed by atoms with Crippen molar-refractivity contribution in [2.45, 2.75) is 19.3 Å². The van der Waals surface area contributed by atoms with Gasteiger partial charge in [0.25, 0.3) is 0 Å². The summed E-state index contributed by atoms with van der Waals surface area (Å²) in [6.45, 7) is 2.31. The molecule has 0 N–H and O–H groups in total. The van der Waals surface area contributed by atoms with Crippen LogP contribution in [0.1, 0.15) is 24.8 Å². The van der Waals surface area contributed by atoms with Gasteiger partial charge in [0.1, 0.15) is 0 Å². The van der Waals surface area contributed by atoms with Crippen LogP contribution < -0.4 is 0 Å². The molecule has 2 rings (SSSR count). The van der Waals surface area contributed by atoms with Gasteiger partial charge < -0.3 is 0 Å². The average Bonchev–Trinajstić information content (AvgIpc) is 2.30. The van der Waals surface area contributed by atoms with Crippen LogP contribution in [0.4, 0.5) is 0 Å². The van der Waals surface area contributed by atoms with E-state index in [0.29, 0.717) is 11.8 Å². The highest BCUT2D eigenvalue weighted by atomic mass is 14.2. The molecule has 1 aromatic carbocycles. The summed E-state index contributed by atoms with van der Waals surface area (Å²) >= 11 is 0. The summed E-state index contributed by atoms with van der Waals surface area (Å²) in [7, 11) is 0. The van der Waals surface area contributed by atoms with Gasteiger partial charge in [-0.3, -0.25) is 0 Å². The van der Waals surface area contributed by atoms with Gasteiger partial charge in [-0.15, -0.1) is 0 Å². The van der Waals surface area contributed by atoms with E-state index in [1.807, 2.05) is 0 Å². The first-order valence-electron chi connectivity index (χ1n) is 5.26. The summed E-state index contributed by atoms with van der Waals surface area (Å²) in [6, 6.07) is 10.8. The molecule has 0 saturated heterocycles. The standard InChI is InChI=1S/C14H16/c1-12(13-8-4-2-5-9-13)14-10-6-3-7-11-14/h2-10,12,14H,11H2,1H3/t12?,14-/m0/s1. The first kappa shape index (κ1) is 9.26. The smallest absolute Gasteiger partial charge is 0.0124 e. The van der Waals surface area contributed by atoms with Crippen LogP contribution in [0, 0.1) is 5.92 Å². The Kier molecular flexibility index (Phi) is 2.83. The molecule has 1 aromatic rings. The molecule has 1 unspecified atom stereocenters. The zero-order valence-corrected chi connectivity index (χ0v) is 8.56. The van der Waals surface area contributed by atoms with Crippen LogP contribution in [-0.4, -0.2) is 0 Å². The van der Waals surface area contributed by atoms with E-state index in [0.717, 1.165) is 0 Å². The van der Waals surface area contributed by atoms with E-state index in [1.54, 1.807) is 0 Å². The Bertz CT molecular complexity index is 332. The van der Waals surface area contributed by atoms with Crippen molar-refractivity contribution in [1.29, 1.82) is 0 Å². The van der Waals surface area contributed by atoms with E-state index in [9.17, 15) is 0 Å².